The first kappa shape index (κ1) is 8.54. The van der Waals surface area contributed by atoms with Gasteiger partial charge in [-0.3, -0.25) is 11.3 Å². The lowest BCUT2D eigenvalue weighted by Gasteiger charge is -2.18. The molecule has 0 radical (unpaired) electrons. The molecule has 0 amide bonds. The molecular weight excluding hydrogens is 140 g/mol. The average molecular weight is 154 g/mol. The second kappa shape index (κ2) is 4.35. The van der Waals surface area contributed by atoms with Gasteiger partial charge >= 0.3 is 0 Å². The fourth-order valence-electron chi connectivity index (χ4n) is 1.36. The van der Waals surface area contributed by atoms with Crippen molar-refractivity contribution in [3.05, 3.63) is 0 Å². The maximum absolute atomic E-state index is 5.34. The van der Waals surface area contributed by atoms with Crippen molar-refractivity contribution in [2.45, 2.75) is 18.9 Å². The number of nitrogens with two attached hydrogens (primary N) is 1. The largest absolute Gasteiger partial charge is 0.381 e. The van der Waals surface area contributed by atoms with Crippen molar-refractivity contribution in [3.63, 3.8) is 0 Å². The normalized spacial score (nSPS) is 26.4. The van der Waals surface area contributed by atoms with E-state index in [9.17, 15) is 0 Å². The standard InChI is InChI=1S/C8H14N2O/c1-2-3-8(10-9)7-4-5-11-6-7/h1,7-8,10H,3-6,9H2. The van der Waals surface area contributed by atoms with E-state index in [4.69, 9.17) is 17.0 Å². The number of terminal acetylenes is 1. The third kappa shape index (κ3) is 2.19. The number of hydrogen-bond donors (Lipinski definition) is 2. The van der Waals surface area contributed by atoms with Crippen molar-refractivity contribution < 1.29 is 4.74 Å². The number of ether oxygens (including phenoxy) is 1. The monoisotopic (exact) mass is 154 g/mol. The van der Waals surface area contributed by atoms with Gasteiger partial charge in [0.25, 0.3) is 0 Å². The van der Waals surface area contributed by atoms with E-state index in [-0.39, 0.29) is 6.04 Å². The van der Waals surface area contributed by atoms with Gasteiger partial charge in [0, 0.05) is 25.0 Å². The van der Waals surface area contributed by atoms with E-state index < -0.39 is 0 Å². The van der Waals surface area contributed by atoms with Gasteiger partial charge in [0.1, 0.15) is 0 Å². The quantitative estimate of drug-likeness (QED) is 0.338. The molecule has 0 bridgehead atoms. The third-order valence-electron chi connectivity index (χ3n) is 2.09. The molecule has 0 spiro atoms. The maximum atomic E-state index is 5.34. The summed E-state index contributed by atoms with van der Waals surface area (Å²) in [6, 6.07) is 0.225. The van der Waals surface area contributed by atoms with Crippen LogP contribution in [0.2, 0.25) is 0 Å². The molecule has 2 atom stereocenters. The molecule has 0 aliphatic carbocycles. The maximum Gasteiger partial charge on any atom is 0.0510 e. The van der Waals surface area contributed by atoms with E-state index in [1.807, 2.05) is 0 Å². The predicted molar refractivity (Wildman–Crippen MR) is 43.5 cm³/mol. The Morgan fingerprint density at radius 1 is 1.82 bits per heavy atom. The molecule has 1 heterocycles. The first-order valence-corrected chi connectivity index (χ1v) is 3.86. The van der Waals surface area contributed by atoms with Gasteiger partial charge in [-0.2, -0.15) is 0 Å². The molecule has 1 rings (SSSR count). The van der Waals surface area contributed by atoms with E-state index in [2.05, 4.69) is 11.3 Å². The van der Waals surface area contributed by atoms with Crippen LogP contribution in [0.25, 0.3) is 0 Å². The predicted octanol–water partition coefficient (Wildman–Crippen LogP) is -0.122. The second-order valence-corrected chi connectivity index (χ2v) is 2.81. The van der Waals surface area contributed by atoms with Gasteiger partial charge in [0.15, 0.2) is 0 Å². The average Bonchev–Trinajstić information content (AvgIpc) is 2.52. The van der Waals surface area contributed by atoms with Crippen LogP contribution in [0.1, 0.15) is 12.8 Å². The molecule has 0 aromatic carbocycles. The number of hydrogen-bond acceptors (Lipinski definition) is 3. The lowest BCUT2D eigenvalue weighted by atomic mass is 9.97. The van der Waals surface area contributed by atoms with Crippen molar-refractivity contribution in [2.24, 2.45) is 11.8 Å². The van der Waals surface area contributed by atoms with Crippen LogP contribution in [-0.2, 0) is 4.74 Å². The van der Waals surface area contributed by atoms with Gasteiger partial charge in [0.05, 0.1) is 6.61 Å². The highest BCUT2D eigenvalue weighted by molar-refractivity contribution is 4.92. The van der Waals surface area contributed by atoms with Crippen LogP contribution in [0.5, 0.6) is 0 Å². The zero-order valence-electron chi connectivity index (χ0n) is 6.55. The Morgan fingerprint density at radius 2 is 2.64 bits per heavy atom. The summed E-state index contributed by atoms with van der Waals surface area (Å²) in [5.41, 5.74) is 2.72. The van der Waals surface area contributed by atoms with Crippen LogP contribution in [-0.4, -0.2) is 19.3 Å². The zero-order chi connectivity index (χ0) is 8.10. The highest BCUT2D eigenvalue weighted by Crippen LogP contribution is 2.17. The fraction of sp³-hybridized carbons (Fsp3) is 0.750. The van der Waals surface area contributed by atoms with Crippen molar-refractivity contribution in [2.75, 3.05) is 13.2 Å². The molecule has 62 valence electrons. The van der Waals surface area contributed by atoms with E-state index in [1.54, 1.807) is 0 Å². The van der Waals surface area contributed by atoms with Gasteiger partial charge in [-0.25, -0.2) is 0 Å². The lowest BCUT2D eigenvalue weighted by molar-refractivity contribution is 0.177. The number of nitrogens with one attached hydrogen (secondary N) is 1. The summed E-state index contributed by atoms with van der Waals surface area (Å²) in [5.74, 6) is 8.43. The molecule has 0 saturated carbocycles. The van der Waals surface area contributed by atoms with E-state index >= 15 is 0 Å². The first-order chi connectivity index (χ1) is 5.38. The highest BCUT2D eigenvalue weighted by atomic mass is 16.5. The minimum absolute atomic E-state index is 0.225. The Bertz CT molecular complexity index is 147. The summed E-state index contributed by atoms with van der Waals surface area (Å²) < 4.78 is 5.22. The highest BCUT2D eigenvalue weighted by Gasteiger charge is 2.23. The molecule has 0 aromatic heterocycles. The molecule has 0 aromatic rings. The van der Waals surface area contributed by atoms with Crippen molar-refractivity contribution in [1.29, 1.82) is 0 Å². The summed E-state index contributed by atoms with van der Waals surface area (Å²) in [6.07, 6.45) is 6.94. The smallest absolute Gasteiger partial charge is 0.0510 e. The van der Waals surface area contributed by atoms with Gasteiger partial charge in [-0.15, -0.1) is 12.3 Å². The van der Waals surface area contributed by atoms with Gasteiger partial charge in [-0.05, 0) is 6.42 Å². The fourth-order valence-corrected chi connectivity index (χ4v) is 1.36. The van der Waals surface area contributed by atoms with Crippen LogP contribution >= 0.6 is 0 Å². The lowest BCUT2D eigenvalue weighted by Crippen LogP contribution is -2.40. The van der Waals surface area contributed by atoms with Gasteiger partial charge in [0.2, 0.25) is 0 Å². The molecular formula is C8H14N2O. The Morgan fingerprint density at radius 3 is 3.09 bits per heavy atom. The summed E-state index contributed by atoms with van der Waals surface area (Å²) in [5, 5.41) is 0. The molecule has 1 saturated heterocycles. The van der Waals surface area contributed by atoms with E-state index in [1.165, 1.54) is 0 Å². The van der Waals surface area contributed by atoms with Crippen LogP contribution in [0.4, 0.5) is 0 Å². The Hall–Kier alpha value is -0.560. The summed E-state index contributed by atoms with van der Waals surface area (Å²) in [7, 11) is 0. The molecule has 1 aliphatic heterocycles. The summed E-state index contributed by atoms with van der Waals surface area (Å²) >= 11 is 0. The van der Waals surface area contributed by atoms with Crippen LogP contribution in [0.15, 0.2) is 0 Å². The first-order valence-electron chi connectivity index (χ1n) is 3.86. The summed E-state index contributed by atoms with van der Waals surface area (Å²) in [6.45, 7) is 1.63. The summed E-state index contributed by atoms with van der Waals surface area (Å²) in [4.78, 5) is 0. The minimum Gasteiger partial charge on any atom is -0.381 e. The SMILES string of the molecule is C#CCC(NN)C1CCOC1. The van der Waals surface area contributed by atoms with Crippen molar-refractivity contribution in [1.82, 2.24) is 5.43 Å². The van der Waals surface area contributed by atoms with Gasteiger partial charge in [-0.1, -0.05) is 0 Å². The Balaban J connectivity index is 2.34. The van der Waals surface area contributed by atoms with Gasteiger partial charge < -0.3 is 4.74 Å². The molecule has 1 aliphatic rings. The molecule has 2 unspecified atom stereocenters. The van der Waals surface area contributed by atoms with E-state index in [0.29, 0.717) is 12.3 Å². The zero-order valence-corrected chi connectivity index (χ0v) is 6.55. The van der Waals surface area contributed by atoms with Crippen LogP contribution in [0, 0.1) is 18.3 Å². The second-order valence-electron chi connectivity index (χ2n) is 2.81. The van der Waals surface area contributed by atoms with Crippen LogP contribution in [0.3, 0.4) is 0 Å². The molecule has 1 fully saturated rings. The van der Waals surface area contributed by atoms with Crippen molar-refractivity contribution in [3.8, 4) is 12.3 Å². The number of hydrazine groups is 1. The molecule has 3 nitrogen and oxygen atoms in total. The topological polar surface area (TPSA) is 47.3 Å². The Labute approximate surface area is 67.3 Å². The Kier molecular flexibility index (Phi) is 3.37. The minimum atomic E-state index is 0.225. The number of rotatable bonds is 3. The molecule has 3 N–H and O–H groups in total. The third-order valence-corrected chi connectivity index (χ3v) is 2.09. The van der Waals surface area contributed by atoms with Crippen molar-refractivity contribution >= 4 is 0 Å². The molecule has 3 heteroatoms. The van der Waals surface area contributed by atoms with Crippen LogP contribution < -0.4 is 11.3 Å². The molecule has 11 heavy (non-hydrogen) atoms. The van der Waals surface area contributed by atoms with E-state index in [0.717, 1.165) is 19.6 Å².